The third kappa shape index (κ3) is 4.39. The molecule has 0 aliphatic heterocycles. The van der Waals surface area contributed by atoms with E-state index in [9.17, 15) is 9.59 Å². The maximum atomic E-state index is 12.9. The van der Waals surface area contributed by atoms with Crippen LogP contribution in [0.25, 0.3) is 0 Å². The van der Waals surface area contributed by atoms with Gasteiger partial charge in [-0.2, -0.15) is 0 Å². The van der Waals surface area contributed by atoms with E-state index in [1.165, 1.54) is 11.3 Å². The van der Waals surface area contributed by atoms with Crippen LogP contribution >= 0.6 is 11.3 Å². The first-order valence-electron chi connectivity index (χ1n) is 9.89. The number of rotatable bonds is 6. The zero-order valence-electron chi connectivity index (χ0n) is 17.5. The molecule has 1 aromatic heterocycles. The zero-order valence-corrected chi connectivity index (χ0v) is 18.3. The second kappa shape index (κ2) is 8.77. The van der Waals surface area contributed by atoms with Crippen molar-refractivity contribution in [1.29, 1.82) is 0 Å². The van der Waals surface area contributed by atoms with Gasteiger partial charge < -0.3 is 14.8 Å². The molecule has 1 atom stereocenters. The minimum atomic E-state index is -0.333. The Morgan fingerprint density at radius 1 is 1.06 bits per heavy atom. The van der Waals surface area contributed by atoms with Crippen LogP contribution in [0.1, 0.15) is 38.8 Å². The highest BCUT2D eigenvalue weighted by atomic mass is 32.1. The number of carbonyl (C=O) groups excluding carboxylic acids is 2. The molecule has 2 N–H and O–H groups in total. The highest BCUT2D eigenvalue weighted by Crippen LogP contribution is 2.39. The van der Waals surface area contributed by atoms with Crippen molar-refractivity contribution in [1.82, 2.24) is 4.98 Å². The van der Waals surface area contributed by atoms with E-state index in [4.69, 9.17) is 9.47 Å². The Labute approximate surface area is 184 Å². The van der Waals surface area contributed by atoms with Crippen molar-refractivity contribution in [3.8, 4) is 11.5 Å². The molecule has 31 heavy (non-hydrogen) atoms. The molecule has 0 bridgehead atoms. The molecule has 1 aliphatic rings. The van der Waals surface area contributed by atoms with Crippen molar-refractivity contribution in [2.75, 3.05) is 24.9 Å². The highest BCUT2D eigenvalue weighted by Gasteiger charge is 2.33. The molecule has 0 spiro atoms. The normalized spacial score (nSPS) is 14.6. The van der Waals surface area contributed by atoms with Crippen molar-refractivity contribution in [3.63, 3.8) is 0 Å². The summed E-state index contributed by atoms with van der Waals surface area (Å²) in [7, 11) is 3.20. The average Bonchev–Trinajstić information content (AvgIpc) is 3.34. The lowest BCUT2D eigenvalue weighted by Crippen LogP contribution is -2.20. The molecule has 0 saturated carbocycles. The number of thiazole rings is 1. The van der Waals surface area contributed by atoms with Gasteiger partial charge in [-0.3, -0.25) is 14.9 Å². The minimum Gasteiger partial charge on any atom is -0.497 e. The molecule has 1 unspecified atom stereocenters. The molecule has 0 radical (unpaired) electrons. The molecule has 0 saturated heterocycles. The molecule has 2 aromatic carbocycles. The van der Waals surface area contributed by atoms with Crippen LogP contribution in [-0.2, 0) is 11.2 Å². The van der Waals surface area contributed by atoms with Crippen molar-refractivity contribution in [2.24, 2.45) is 0 Å². The first-order chi connectivity index (χ1) is 15.0. The number of ether oxygens (including phenoxy) is 2. The Morgan fingerprint density at radius 2 is 1.84 bits per heavy atom. The van der Waals surface area contributed by atoms with Crippen molar-refractivity contribution in [3.05, 3.63) is 64.2 Å². The number of hydrogen-bond donors (Lipinski definition) is 2. The Morgan fingerprint density at radius 3 is 2.52 bits per heavy atom. The number of benzene rings is 2. The van der Waals surface area contributed by atoms with Crippen LogP contribution in [0.5, 0.6) is 11.5 Å². The largest absolute Gasteiger partial charge is 0.497 e. The maximum absolute atomic E-state index is 12.9. The Kier molecular flexibility index (Phi) is 5.90. The molecule has 160 valence electrons. The first kappa shape index (κ1) is 20.9. The van der Waals surface area contributed by atoms with E-state index in [-0.39, 0.29) is 17.7 Å². The lowest BCUT2D eigenvalue weighted by atomic mass is 10.1. The summed E-state index contributed by atoms with van der Waals surface area (Å²) in [5.41, 5.74) is 2.93. The monoisotopic (exact) mass is 437 g/mol. The van der Waals surface area contributed by atoms with Gasteiger partial charge >= 0.3 is 0 Å². The van der Waals surface area contributed by atoms with E-state index in [0.29, 0.717) is 22.9 Å². The fraction of sp³-hybridized carbons (Fsp3) is 0.261. The van der Waals surface area contributed by atoms with Gasteiger partial charge in [0.15, 0.2) is 5.13 Å². The van der Waals surface area contributed by atoms with Crippen molar-refractivity contribution < 1.29 is 19.1 Å². The number of carbonyl (C=O) groups is 2. The molecule has 8 heteroatoms. The second-order valence-corrected chi connectivity index (χ2v) is 8.36. The van der Waals surface area contributed by atoms with Gasteiger partial charge in [-0.25, -0.2) is 4.98 Å². The first-order valence-corrected chi connectivity index (χ1v) is 10.7. The molecule has 4 rings (SSSR count). The molecule has 2 amide bonds. The fourth-order valence-corrected chi connectivity index (χ4v) is 4.67. The van der Waals surface area contributed by atoms with Crippen LogP contribution in [0.4, 0.5) is 10.8 Å². The van der Waals surface area contributed by atoms with E-state index in [1.807, 2.05) is 25.1 Å². The predicted octanol–water partition coefficient (Wildman–Crippen LogP) is 4.39. The van der Waals surface area contributed by atoms with Gasteiger partial charge in [0, 0.05) is 16.1 Å². The minimum absolute atomic E-state index is 0.0957. The number of methoxy groups -OCH3 is 2. The van der Waals surface area contributed by atoms with Crippen LogP contribution in [-0.4, -0.2) is 31.0 Å². The molecule has 1 aliphatic carbocycles. The third-order valence-corrected chi connectivity index (χ3v) is 6.32. The summed E-state index contributed by atoms with van der Waals surface area (Å²) in [5.74, 6) is 0.787. The lowest BCUT2D eigenvalue weighted by Gasteiger charge is -2.12. The van der Waals surface area contributed by atoms with E-state index >= 15 is 0 Å². The molecule has 7 nitrogen and oxygen atoms in total. The predicted molar refractivity (Wildman–Crippen MR) is 120 cm³/mol. The Bertz CT molecular complexity index is 1120. The number of nitrogens with zero attached hydrogens (tertiary/aromatic N) is 1. The number of anilines is 2. The van der Waals surface area contributed by atoms with Crippen LogP contribution in [0, 0.1) is 6.92 Å². The SMILES string of the molecule is COc1ccc(C(=O)Nc2nc3c(s2)CCC3C(=O)Nc2ccc(OC)c(C)c2)cc1. The van der Waals surface area contributed by atoms with Gasteiger partial charge in [0.05, 0.1) is 25.8 Å². The summed E-state index contributed by atoms with van der Waals surface area (Å²) in [5, 5.41) is 6.31. The zero-order chi connectivity index (χ0) is 22.0. The quantitative estimate of drug-likeness (QED) is 0.597. The van der Waals surface area contributed by atoms with Crippen LogP contribution < -0.4 is 20.1 Å². The Hall–Kier alpha value is -3.39. The lowest BCUT2D eigenvalue weighted by molar-refractivity contribution is -0.117. The standard InChI is InChI=1S/C23H23N3O4S/c1-13-12-15(6-10-18(13)30-3)24-22(28)17-9-11-19-20(17)25-23(31-19)26-21(27)14-4-7-16(29-2)8-5-14/h4-8,10,12,17H,9,11H2,1-3H3,(H,24,28)(H,25,26,27). The van der Waals surface area contributed by atoms with Crippen molar-refractivity contribution >= 4 is 34.0 Å². The summed E-state index contributed by atoms with van der Waals surface area (Å²) < 4.78 is 10.4. The van der Waals surface area contributed by atoms with E-state index < -0.39 is 0 Å². The summed E-state index contributed by atoms with van der Waals surface area (Å²) in [4.78, 5) is 31.0. The molecular formula is C23H23N3O4S. The number of fused-ring (bicyclic) bond motifs is 1. The summed E-state index contributed by atoms with van der Waals surface area (Å²) in [6.07, 6.45) is 1.48. The van der Waals surface area contributed by atoms with Gasteiger partial charge in [0.25, 0.3) is 5.91 Å². The Balaban J connectivity index is 1.44. The van der Waals surface area contributed by atoms with E-state index in [2.05, 4.69) is 15.6 Å². The van der Waals surface area contributed by atoms with Crippen LogP contribution in [0.3, 0.4) is 0 Å². The molecule has 0 fully saturated rings. The van der Waals surface area contributed by atoms with Gasteiger partial charge in [0.2, 0.25) is 5.91 Å². The van der Waals surface area contributed by atoms with E-state index in [1.54, 1.807) is 38.5 Å². The van der Waals surface area contributed by atoms with E-state index in [0.717, 1.165) is 34.0 Å². The summed E-state index contributed by atoms with van der Waals surface area (Å²) in [6, 6.07) is 12.4. The highest BCUT2D eigenvalue weighted by molar-refractivity contribution is 7.16. The number of amides is 2. The summed E-state index contributed by atoms with van der Waals surface area (Å²) >= 11 is 1.42. The smallest absolute Gasteiger partial charge is 0.257 e. The van der Waals surface area contributed by atoms with Crippen molar-refractivity contribution in [2.45, 2.75) is 25.7 Å². The van der Waals surface area contributed by atoms with Gasteiger partial charge in [0.1, 0.15) is 11.5 Å². The second-order valence-electron chi connectivity index (χ2n) is 7.27. The summed E-state index contributed by atoms with van der Waals surface area (Å²) in [6.45, 7) is 1.93. The number of nitrogens with one attached hydrogen (secondary N) is 2. The maximum Gasteiger partial charge on any atom is 0.257 e. The number of hydrogen-bond acceptors (Lipinski definition) is 6. The molecular weight excluding hydrogens is 414 g/mol. The van der Waals surface area contributed by atoms with Gasteiger partial charge in [-0.05, 0) is 67.8 Å². The van der Waals surface area contributed by atoms with Crippen LogP contribution in [0.2, 0.25) is 0 Å². The third-order valence-electron chi connectivity index (χ3n) is 5.27. The van der Waals surface area contributed by atoms with Gasteiger partial charge in [-0.1, -0.05) is 0 Å². The average molecular weight is 438 g/mol. The fourth-order valence-electron chi connectivity index (χ4n) is 3.63. The van der Waals surface area contributed by atoms with Crippen LogP contribution in [0.15, 0.2) is 42.5 Å². The topological polar surface area (TPSA) is 89.5 Å². The number of aryl methyl sites for hydroxylation is 2. The molecule has 1 heterocycles. The number of aromatic nitrogens is 1. The molecule has 3 aromatic rings. The van der Waals surface area contributed by atoms with Gasteiger partial charge in [-0.15, -0.1) is 11.3 Å².